The number of hydrogen-bond acceptors (Lipinski definition) is 3. The van der Waals surface area contributed by atoms with Crippen LogP contribution in [0, 0.1) is 6.92 Å². The number of rotatable bonds is 1. The molecule has 1 aromatic rings. The van der Waals surface area contributed by atoms with Crippen molar-refractivity contribution in [2.24, 2.45) is 0 Å². The molecule has 0 aromatic heterocycles. The van der Waals surface area contributed by atoms with Crippen LogP contribution >= 0.6 is 23.5 Å². The Kier molecular flexibility index (Phi) is 2.74. The van der Waals surface area contributed by atoms with Gasteiger partial charge in [-0.25, -0.2) is 0 Å². The van der Waals surface area contributed by atoms with Crippen LogP contribution < -0.4 is 0 Å². The second-order valence-corrected chi connectivity index (χ2v) is 5.84. The molecule has 1 fully saturated rings. The first-order valence-electron chi connectivity index (χ1n) is 4.30. The van der Waals surface area contributed by atoms with Crippen LogP contribution in [0.1, 0.15) is 15.7 Å². The molecule has 0 spiro atoms. The zero-order chi connectivity index (χ0) is 9.26. The first-order valence-corrected chi connectivity index (χ1v) is 6.40. The van der Waals surface area contributed by atoms with Crippen LogP contribution in [0.5, 0.6) is 5.75 Å². The molecule has 1 nitrogen and oxygen atoms in total. The second kappa shape index (κ2) is 3.84. The predicted octanol–water partition coefficient (Wildman–Crippen LogP) is 3.18. The number of phenolic OH excluding ortho intramolecular Hbond substituents is 1. The smallest absolute Gasteiger partial charge is 0.118 e. The van der Waals surface area contributed by atoms with Crippen LogP contribution in [0.4, 0.5) is 0 Å². The lowest BCUT2D eigenvalue weighted by molar-refractivity contribution is 0.471. The third kappa shape index (κ3) is 1.97. The Balaban J connectivity index is 2.25. The maximum Gasteiger partial charge on any atom is 0.118 e. The molecule has 1 heterocycles. The zero-order valence-electron chi connectivity index (χ0n) is 7.49. The molecule has 2 rings (SSSR count). The van der Waals surface area contributed by atoms with Crippen LogP contribution in [0.25, 0.3) is 0 Å². The molecule has 0 aliphatic carbocycles. The van der Waals surface area contributed by atoms with Gasteiger partial charge in [-0.05, 0) is 24.1 Å². The molecule has 13 heavy (non-hydrogen) atoms. The first kappa shape index (κ1) is 9.28. The lowest BCUT2D eigenvalue weighted by Gasteiger charge is -2.09. The van der Waals surface area contributed by atoms with Gasteiger partial charge < -0.3 is 5.11 Å². The minimum absolute atomic E-state index is 0.400. The van der Waals surface area contributed by atoms with E-state index in [0.717, 1.165) is 5.56 Å². The molecule has 1 aromatic carbocycles. The third-order valence-electron chi connectivity index (χ3n) is 2.11. The Bertz CT molecular complexity index is 306. The van der Waals surface area contributed by atoms with Crippen molar-refractivity contribution < 1.29 is 5.11 Å². The van der Waals surface area contributed by atoms with Gasteiger partial charge in [0, 0.05) is 11.5 Å². The van der Waals surface area contributed by atoms with Crippen molar-refractivity contribution in [2.75, 3.05) is 11.5 Å². The molecule has 0 unspecified atom stereocenters. The summed E-state index contributed by atoms with van der Waals surface area (Å²) in [6.07, 6.45) is 0. The average Bonchev–Trinajstić information content (AvgIpc) is 2.62. The molecule has 0 saturated carbocycles. The molecular formula is C10H12OS2. The zero-order valence-corrected chi connectivity index (χ0v) is 9.12. The van der Waals surface area contributed by atoms with Gasteiger partial charge in [0.25, 0.3) is 0 Å². The third-order valence-corrected chi connectivity index (χ3v) is 5.22. The van der Waals surface area contributed by atoms with E-state index >= 15 is 0 Å². The van der Waals surface area contributed by atoms with Gasteiger partial charge in [0.2, 0.25) is 0 Å². The number of phenols is 1. The summed E-state index contributed by atoms with van der Waals surface area (Å²) in [6.45, 7) is 1.95. The van der Waals surface area contributed by atoms with Gasteiger partial charge in [-0.2, -0.15) is 0 Å². The SMILES string of the molecule is Cc1cc(C2SCCS2)ccc1O. The normalized spacial score (nSPS) is 17.9. The van der Waals surface area contributed by atoms with Gasteiger partial charge >= 0.3 is 0 Å². The van der Waals surface area contributed by atoms with Gasteiger partial charge in [0.05, 0.1) is 4.58 Å². The highest BCUT2D eigenvalue weighted by molar-refractivity contribution is 8.19. The van der Waals surface area contributed by atoms with Crippen LogP contribution in [-0.4, -0.2) is 16.6 Å². The Morgan fingerprint density at radius 2 is 2.00 bits per heavy atom. The minimum Gasteiger partial charge on any atom is -0.508 e. The summed E-state index contributed by atoms with van der Waals surface area (Å²) in [5.74, 6) is 2.89. The van der Waals surface area contributed by atoms with Crippen molar-refractivity contribution in [3.05, 3.63) is 29.3 Å². The largest absolute Gasteiger partial charge is 0.508 e. The number of aryl methyl sites for hydroxylation is 1. The maximum atomic E-state index is 9.37. The van der Waals surface area contributed by atoms with Crippen LogP contribution in [0.3, 0.4) is 0 Å². The number of thioether (sulfide) groups is 2. The summed E-state index contributed by atoms with van der Waals surface area (Å²) in [5.41, 5.74) is 2.31. The van der Waals surface area contributed by atoms with E-state index in [1.54, 1.807) is 6.07 Å². The fraction of sp³-hybridized carbons (Fsp3) is 0.400. The van der Waals surface area contributed by atoms with E-state index in [9.17, 15) is 5.11 Å². The van der Waals surface area contributed by atoms with Gasteiger partial charge in [-0.3, -0.25) is 0 Å². The molecule has 70 valence electrons. The molecule has 0 bridgehead atoms. The van der Waals surface area contributed by atoms with E-state index in [1.165, 1.54) is 17.1 Å². The molecule has 1 saturated heterocycles. The van der Waals surface area contributed by atoms with Gasteiger partial charge in [-0.1, -0.05) is 12.1 Å². The molecule has 3 heteroatoms. The minimum atomic E-state index is 0.400. The van der Waals surface area contributed by atoms with E-state index in [0.29, 0.717) is 10.3 Å². The topological polar surface area (TPSA) is 20.2 Å². The molecule has 1 N–H and O–H groups in total. The standard InChI is InChI=1S/C10H12OS2/c1-7-6-8(2-3-9(7)11)10-12-4-5-13-10/h2-3,6,10-11H,4-5H2,1H3. The van der Waals surface area contributed by atoms with Crippen molar-refractivity contribution in [1.29, 1.82) is 0 Å². The highest BCUT2D eigenvalue weighted by Crippen LogP contribution is 2.45. The van der Waals surface area contributed by atoms with Crippen LogP contribution in [0.15, 0.2) is 18.2 Å². The second-order valence-electron chi connectivity index (χ2n) is 3.12. The van der Waals surface area contributed by atoms with Crippen molar-refractivity contribution >= 4 is 23.5 Å². The molecule has 0 radical (unpaired) electrons. The van der Waals surface area contributed by atoms with Crippen LogP contribution in [-0.2, 0) is 0 Å². The molecule has 1 aliphatic heterocycles. The van der Waals surface area contributed by atoms with Crippen molar-refractivity contribution in [3.63, 3.8) is 0 Å². The molecule has 0 amide bonds. The van der Waals surface area contributed by atoms with Gasteiger partial charge in [0.15, 0.2) is 0 Å². The Hall–Kier alpha value is -0.280. The summed E-state index contributed by atoms with van der Waals surface area (Å²) in [5, 5.41) is 9.37. The number of hydrogen-bond donors (Lipinski definition) is 1. The summed E-state index contributed by atoms with van der Waals surface area (Å²) in [4.78, 5) is 0. The summed E-state index contributed by atoms with van der Waals surface area (Å²) in [6, 6.07) is 5.91. The Labute approximate surface area is 86.9 Å². The highest BCUT2D eigenvalue weighted by Gasteiger charge is 2.18. The van der Waals surface area contributed by atoms with E-state index in [2.05, 4.69) is 6.07 Å². The van der Waals surface area contributed by atoms with E-state index in [4.69, 9.17) is 0 Å². The van der Waals surface area contributed by atoms with Crippen molar-refractivity contribution in [3.8, 4) is 5.75 Å². The van der Waals surface area contributed by atoms with E-state index < -0.39 is 0 Å². The molecular weight excluding hydrogens is 200 g/mol. The summed E-state index contributed by atoms with van der Waals surface area (Å²) >= 11 is 3.98. The van der Waals surface area contributed by atoms with Crippen molar-refractivity contribution in [1.82, 2.24) is 0 Å². The quantitative estimate of drug-likeness (QED) is 0.772. The molecule has 1 aliphatic rings. The first-order chi connectivity index (χ1) is 6.27. The van der Waals surface area contributed by atoms with E-state index in [1.807, 2.05) is 36.5 Å². The predicted molar refractivity (Wildman–Crippen MR) is 60.5 cm³/mol. The number of aromatic hydroxyl groups is 1. The lowest BCUT2D eigenvalue weighted by atomic mass is 10.1. The van der Waals surface area contributed by atoms with Crippen molar-refractivity contribution in [2.45, 2.75) is 11.5 Å². The monoisotopic (exact) mass is 212 g/mol. The summed E-state index contributed by atoms with van der Waals surface area (Å²) in [7, 11) is 0. The van der Waals surface area contributed by atoms with Crippen LogP contribution in [0.2, 0.25) is 0 Å². The Morgan fingerprint density at radius 1 is 1.31 bits per heavy atom. The Morgan fingerprint density at radius 3 is 2.62 bits per heavy atom. The van der Waals surface area contributed by atoms with Gasteiger partial charge in [-0.15, -0.1) is 23.5 Å². The lowest BCUT2D eigenvalue weighted by Crippen LogP contribution is -1.85. The van der Waals surface area contributed by atoms with Gasteiger partial charge in [0.1, 0.15) is 5.75 Å². The molecule has 0 atom stereocenters. The highest BCUT2D eigenvalue weighted by atomic mass is 32.2. The fourth-order valence-electron chi connectivity index (χ4n) is 1.38. The fourth-order valence-corrected chi connectivity index (χ4v) is 4.21. The van der Waals surface area contributed by atoms with E-state index in [-0.39, 0.29) is 0 Å². The maximum absolute atomic E-state index is 9.37. The number of benzene rings is 1. The summed E-state index contributed by atoms with van der Waals surface area (Å²) < 4.78 is 0.583. The average molecular weight is 212 g/mol.